The third-order valence-electron chi connectivity index (χ3n) is 6.21. The summed E-state index contributed by atoms with van der Waals surface area (Å²) in [7, 11) is 0. The minimum absolute atomic E-state index is 0.0583. The highest BCUT2D eigenvalue weighted by Crippen LogP contribution is 2.42. The molecular weight excluding hydrogens is 409 g/mol. The van der Waals surface area contributed by atoms with Crippen LogP contribution in [0, 0.1) is 11.7 Å². The van der Waals surface area contributed by atoms with Gasteiger partial charge in [0.15, 0.2) is 0 Å². The normalized spacial score (nSPS) is 17.8. The summed E-state index contributed by atoms with van der Waals surface area (Å²) in [6.45, 7) is 6.23. The first-order valence-corrected chi connectivity index (χ1v) is 10.7. The topological polar surface area (TPSA) is 88.0 Å². The molecule has 1 aliphatic rings. The van der Waals surface area contributed by atoms with E-state index in [1.54, 1.807) is 6.20 Å². The van der Waals surface area contributed by atoms with Gasteiger partial charge in [-0.25, -0.2) is 4.39 Å². The van der Waals surface area contributed by atoms with E-state index in [0.29, 0.717) is 11.3 Å². The zero-order chi connectivity index (χ0) is 23.0. The van der Waals surface area contributed by atoms with Crippen molar-refractivity contribution in [3.05, 3.63) is 64.5 Å². The molecule has 0 radical (unpaired) electrons. The van der Waals surface area contributed by atoms with Gasteiger partial charge in [0.05, 0.1) is 11.7 Å². The molecule has 2 aromatic carbocycles. The van der Waals surface area contributed by atoms with Gasteiger partial charge >= 0.3 is 0 Å². The molecule has 0 bridgehead atoms. The monoisotopic (exact) mass is 435 g/mol. The number of H-pyrrole nitrogens is 1. The fourth-order valence-corrected chi connectivity index (χ4v) is 4.79. The number of hydrogen-bond donors (Lipinski definition) is 2. The molecule has 5 rings (SSSR count). The Morgan fingerprint density at radius 1 is 1.19 bits per heavy atom. The molecule has 0 spiro atoms. The highest BCUT2D eigenvalue weighted by atomic mass is 19.1. The van der Waals surface area contributed by atoms with Crippen molar-refractivity contribution in [2.75, 3.05) is 0 Å². The Bertz CT molecular complexity index is 1330. The predicted octanol–water partition coefficient (Wildman–Crippen LogP) is 5.48. The number of hydrogen-bond acceptors (Lipinski definition) is 3. The molecule has 0 amide bonds. The molecule has 4 aromatic rings. The van der Waals surface area contributed by atoms with E-state index in [0.717, 1.165) is 46.0 Å². The van der Waals surface area contributed by atoms with Crippen LogP contribution in [-0.4, -0.2) is 26.3 Å². The lowest BCUT2D eigenvalue weighted by molar-refractivity contribution is -0.122. The number of aromatic nitrogens is 3. The number of fused-ring (bicyclic) bond motifs is 2. The van der Waals surface area contributed by atoms with Crippen LogP contribution in [0.1, 0.15) is 51.3 Å². The van der Waals surface area contributed by atoms with Crippen molar-refractivity contribution in [1.29, 1.82) is 0 Å². The number of carboxylic acid groups (broad SMARTS) is 1. The first-order valence-electron chi connectivity index (χ1n) is 10.7. The average Bonchev–Trinajstić information content (AvgIpc) is 3.19. The minimum atomic E-state index is -0.262. The number of rotatable bonds is 3. The second-order valence-corrected chi connectivity index (χ2v) is 8.79. The Hall–Kier alpha value is -3.48. The van der Waals surface area contributed by atoms with Crippen LogP contribution < -0.4 is 5.56 Å². The molecule has 0 aliphatic heterocycles. The summed E-state index contributed by atoms with van der Waals surface area (Å²) in [5, 5.41) is 16.6. The first-order chi connectivity index (χ1) is 15.3. The Kier molecular flexibility index (Phi) is 5.82. The van der Waals surface area contributed by atoms with Crippen molar-refractivity contribution in [1.82, 2.24) is 14.8 Å². The Balaban J connectivity index is 0.000000775. The summed E-state index contributed by atoms with van der Waals surface area (Å²) in [4.78, 5) is 22.0. The van der Waals surface area contributed by atoms with E-state index in [2.05, 4.69) is 31.0 Å². The molecule has 1 fully saturated rings. The standard InChI is InChI=1S/C24H24FN3O.CH2O2/c1-13(2)23-22(15-4-6-17(25)7-5-15)19-10-16-12-26-27-21(16)11-20(19)24(29)28(23)18-8-14(3)9-18;2-1-3/h4-7,10-14,18H,8-9H2,1-3H3,(H,26,27);1H,(H,2,3). The van der Waals surface area contributed by atoms with Crippen LogP contribution >= 0.6 is 0 Å². The molecule has 2 N–H and O–H groups in total. The Morgan fingerprint density at radius 3 is 2.44 bits per heavy atom. The van der Waals surface area contributed by atoms with E-state index in [9.17, 15) is 9.18 Å². The van der Waals surface area contributed by atoms with Gasteiger partial charge < -0.3 is 9.67 Å². The van der Waals surface area contributed by atoms with Gasteiger partial charge in [-0.05, 0) is 59.9 Å². The lowest BCUT2D eigenvalue weighted by Gasteiger charge is -2.37. The van der Waals surface area contributed by atoms with Gasteiger partial charge in [-0.15, -0.1) is 0 Å². The third kappa shape index (κ3) is 3.68. The summed E-state index contributed by atoms with van der Waals surface area (Å²) >= 11 is 0. The molecule has 1 saturated carbocycles. The molecule has 2 heterocycles. The van der Waals surface area contributed by atoms with E-state index in [-0.39, 0.29) is 29.8 Å². The van der Waals surface area contributed by atoms with Gasteiger partial charge in [-0.3, -0.25) is 14.7 Å². The van der Waals surface area contributed by atoms with Gasteiger partial charge in [-0.1, -0.05) is 32.9 Å². The number of benzene rings is 2. The van der Waals surface area contributed by atoms with Crippen LogP contribution in [0.15, 0.2) is 47.4 Å². The molecule has 166 valence electrons. The number of aromatic amines is 1. The van der Waals surface area contributed by atoms with Crippen LogP contribution in [0.25, 0.3) is 32.8 Å². The van der Waals surface area contributed by atoms with Crippen molar-refractivity contribution < 1.29 is 14.3 Å². The maximum atomic E-state index is 13.7. The first kappa shape index (κ1) is 21.7. The fourth-order valence-electron chi connectivity index (χ4n) is 4.79. The van der Waals surface area contributed by atoms with Crippen LogP contribution in [0.2, 0.25) is 0 Å². The smallest absolute Gasteiger partial charge is 0.290 e. The van der Waals surface area contributed by atoms with Crippen molar-refractivity contribution in [2.45, 2.75) is 45.6 Å². The zero-order valence-corrected chi connectivity index (χ0v) is 18.3. The van der Waals surface area contributed by atoms with Crippen LogP contribution in [-0.2, 0) is 4.79 Å². The summed E-state index contributed by atoms with van der Waals surface area (Å²) in [5.74, 6) is 0.526. The summed E-state index contributed by atoms with van der Waals surface area (Å²) in [6, 6.07) is 10.8. The molecule has 0 saturated heterocycles. The molecule has 0 unspecified atom stereocenters. The second-order valence-electron chi connectivity index (χ2n) is 8.79. The van der Waals surface area contributed by atoms with Crippen molar-refractivity contribution in [3.63, 3.8) is 0 Å². The number of nitrogens with one attached hydrogen (secondary N) is 1. The number of carbonyl (C=O) groups is 1. The van der Waals surface area contributed by atoms with E-state index in [1.165, 1.54) is 12.1 Å². The number of pyridine rings is 1. The van der Waals surface area contributed by atoms with Crippen molar-refractivity contribution in [3.8, 4) is 11.1 Å². The molecular formula is C25H26FN3O3. The largest absolute Gasteiger partial charge is 0.483 e. The number of nitrogens with zero attached hydrogens (tertiary/aromatic N) is 2. The minimum Gasteiger partial charge on any atom is -0.483 e. The van der Waals surface area contributed by atoms with Crippen LogP contribution in [0.5, 0.6) is 0 Å². The van der Waals surface area contributed by atoms with Crippen LogP contribution in [0.4, 0.5) is 4.39 Å². The molecule has 32 heavy (non-hydrogen) atoms. The van der Waals surface area contributed by atoms with Gasteiger partial charge in [0.25, 0.3) is 12.0 Å². The lowest BCUT2D eigenvalue weighted by Crippen LogP contribution is -2.36. The van der Waals surface area contributed by atoms with E-state index < -0.39 is 0 Å². The van der Waals surface area contributed by atoms with Crippen LogP contribution in [0.3, 0.4) is 0 Å². The molecule has 1 aliphatic carbocycles. The maximum absolute atomic E-state index is 13.7. The van der Waals surface area contributed by atoms with Gasteiger partial charge in [0.1, 0.15) is 5.82 Å². The second kappa shape index (κ2) is 8.57. The summed E-state index contributed by atoms with van der Waals surface area (Å²) < 4.78 is 15.7. The van der Waals surface area contributed by atoms with Gasteiger partial charge in [0.2, 0.25) is 0 Å². The van der Waals surface area contributed by atoms with Crippen molar-refractivity contribution in [2.24, 2.45) is 5.92 Å². The SMILES string of the molecule is CC1CC(n2c(C(C)C)c(-c3ccc(F)cc3)c3cc4cn[nH]c4cc3c2=O)C1.O=CO. The lowest BCUT2D eigenvalue weighted by atomic mass is 9.80. The van der Waals surface area contributed by atoms with Crippen molar-refractivity contribution >= 4 is 28.1 Å². The highest BCUT2D eigenvalue weighted by Gasteiger charge is 2.32. The fraction of sp³-hybridized carbons (Fsp3) is 0.320. The molecule has 2 aromatic heterocycles. The van der Waals surface area contributed by atoms with E-state index in [4.69, 9.17) is 9.90 Å². The third-order valence-corrected chi connectivity index (χ3v) is 6.21. The summed E-state index contributed by atoms with van der Waals surface area (Å²) in [6.07, 6.45) is 3.80. The van der Waals surface area contributed by atoms with E-state index >= 15 is 0 Å². The van der Waals surface area contributed by atoms with Gasteiger partial charge in [0, 0.05) is 28.1 Å². The van der Waals surface area contributed by atoms with E-state index in [1.807, 2.05) is 28.8 Å². The maximum Gasteiger partial charge on any atom is 0.290 e. The zero-order valence-electron chi connectivity index (χ0n) is 18.3. The quantitative estimate of drug-likeness (QED) is 0.417. The predicted molar refractivity (Wildman–Crippen MR) is 123 cm³/mol. The molecule has 0 atom stereocenters. The molecule has 6 nitrogen and oxygen atoms in total. The average molecular weight is 435 g/mol. The highest BCUT2D eigenvalue weighted by molar-refractivity contribution is 6.04. The Labute approximate surface area is 184 Å². The number of halogens is 1. The Morgan fingerprint density at radius 2 is 1.84 bits per heavy atom. The van der Waals surface area contributed by atoms with Gasteiger partial charge in [-0.2, -0.15) is 5.10 Å². The molecule has 7 heteroatoms. The summed E-state index contributed by atoms with van der Waals surface area (Å²) in [5.41, 5.74) is 3.91.